The van der Waals surface area contributed by atoms with Gasteiger partial charge in [0, 0.05) is 17.7 Å². The van der Waals surface area contributed by atoms with E-state index in [-0.39, 0.29) is 23.4 Å². The monoisotopic (exact) mass is 235 g/mol. The number of nitrogen functional groups attached to an aromatic ring is 1. The second-order valence-corrected chi connectivity index (χ2v) is 2.78. The van der Waals surface area contributed by atoms with E-state index in [1.54, 1.807) is 0 Å². The Balaban J connectivity index is 3.25. The van der Waals surface area contributed by atoms with Crippen LogP contribution in [-0.4, -0.2) is 17.6 Å². The minimum absolute atomic E-state index is 0.0509. The molecule has 88 valence electrons. The number of carbonyl (C=O) groups excluding carboxylic acids is 1. The predicted molar refractivity (Wildman–Crippen MR) is 48.6 cm³/mol. The summed E-state index contributed by atoms with van der Waals surface area (Å²) in [4.78, 5) is 14.0. The van der Waals surface area contributed by atoms with Crippen molar-refractivity contribution < 1.29 is 22.7 Å². The molecule has 0 radical (unpaired) electrons. The highest BCUT2D eigenvalue weighted by Crippen LogP contribution is 2.27. The van der Waals surface area contributed by atoms with E-state index in [1.807, 2.05) is 0 Å². The van der Waals surface area contributed by atoms with Gasteiger partial charge in [0.15, 0.2) is 6.29 Å². The van der Waals surface area contributed by atoms with Crippen LogP contribution in [0.25, 0.3) is 0 Å². The van der Waals surface area contributed by atoms with Crippen LogP contribution in [0.5, 0.6) is 5.88 Å². The maximum Gasteiger partial charge on any atom is 0.574 e. The zero-order valence-corrected chi connectivity index (χ0v) is 7.91. The standard InChI is InChI=1S/C8H8F3N3O2/c9-8(10,11)16-7-4(1-12)5(3-15)6(13)2-14-7/h2-3H,1,12-13H2. The van der Waals surface area contributed by atoms with Crippen molar-refractivity contribution in [3.05, 3.63) is 17.3 Å². The molecule has 16 heavy (non-hydrogen) atoms. The van der Waals surface area contributed by atoms with Crippen molar-refractivity contribution in [2.45, 2.75) is 12.9 Å². The summed E-state index contributed by atoms with van der Waals surface area (Å²) >= 11 is 0. The van der Waals surface area contributed by atoms with Crippen LogP contribution in [0.15, 0.2) is 6.20 Å². The SMILES string of the molecule is NCc1c(OC(F)(F)F)ncc(N)c1C=O. The van der Waals surface area contributed by atoms with Crippen molar-refractivity contribution in [3.63, 3.8) is 0 Å². The molecular formula is C8H8F3N3O2. The van der Waals surface area contributed by atoms with Crippen LogP contribution in [-0.2, 0) is 6.54 Å². The first-order valence-electron chi connectivity index (χ1n) is 4.07. The van der Waals surface area contributed by atoms with Gasteiger partial charge in [-0.1, -0.05) is 0 Å². The van der Waals surface area contributed by atoms with Crippen LogP contribution in [0.4, 0.5) is 18.9 Å². The van der Waals surface area contributed by atoms with Crippen molar-refractivity contribution in [2.75, 3.05) is 5.73 Å². The Labute approximate surface area is 88.2 Å². The fourth-order valence-electron chi connectivity index (χ4n) is 1.10. The third-order valence-corrected chi connectivity index (χ3v) is 1.75. The molecule has 4 N–H and O–H groups in total. The average molecular weight is 235 g/mol. The number of nitrogens with two attached hydrogens (primary N) is 2. The van der Waals surface area contributed by atoms with Crippen molar-refractivity contribution >= 4 is 12.0 Å². The molecule has 0 unspecified atom stereocenters. The molecule has 5 nitrogen and oxygen atoms in total. The van der Waals surface area contributed by atoms with E-state index in [0.29, 0.717) is 6.29 Å². The van der Waals surface area contributed by atoms with E-state index in [2.05, 4.69) is 9.72 Å². The van der Waals surface area contributed by atoms with Crippen LogP contribution < -0.4 is 16.2 Å². The van der Waals surface area contributed by atoms with Gasteiger partial charge in [-0.25, -0.2) is 4.98 Å². The lowest BCUT2D eigenvalue weighted by Crippen LogP contribution is -2.20. The number of aldehydes is 1. The molecule has 0 saturated heterocycles. The highest BCUT2D eigenvalue weighted by atomic mass is 19.4. The number of ether oxygens (including phenoxy) is 1. The van der Waals surface area contributed by atoms with Crippen molar-refractivity contribution in [1.29, 1.82) is 0 Å². The Bertz CT molecular complexity index is 406. The van der Waals surface area contributed by atoms with Crippen molar-refractivity contribution in [1.82, 2.24) is 4.98 Å². The first-order valence-corrected chi connectivity index (χ1v) is 4.07. The number of pyridine rings is 1. The number of halogens is 3. The molecule has 0 bridgehead atoms. The number of aromatic nitrogens is 1. The summed E-state index contributed by atoms with van der Waals surface area (Å²) in [5.41, 5.74) is 10.2. The van der Waals surface area contributed by atoms with Gasteiger partial charge >= 0.3 is 6.36 Å². The smallest absolute Gasteiger partial charge is 0.397 e. The Morgan fingerprint density at radius 1 is 1.50 bits per heavy atom. The molecule has 0 aliphatic carbocycles. The lowest BCUT2D eigenvalue weighted by molar-refractivity contribution is -0.276. The van der Waals surface area contributed by atoms with Gasteiger partial charge in [0.2, 0.25) is 5.88 Å². The van der Waals surface area contributed by atoms with Crippen LogP contribution in [0.2, 0.25) is 0 Å². The highest BCUT2D eigenvalue weighted by molar-refractivity contribution is 5.85. The zero-order chi connectivity index (χ0) is 12.3. The molecule has 0 aliphatic heterocycles. The van der Waals surface area contributed by atoms with Gasteiger partial charge < -0.3 is 16.2 Å². The van der Waals surface area contributed by atoms with Gasteiger partial charge in [0.25, 0.3) is 0 Å². The number of hydrogen-bond donors (Lipinski definition) is 2. The summed E-state index contributed by atoms with van der Waals surface area (Å²) in [5.74, 6) is -0.758. The van der Waals surface area contributed by atoms with Gasteiger partial charge in [0.1, 0.15) is 0 Å². The molecule has 1 aromatic heterocycles. The number of anilines is 1. The average Bonchev–Trinajstić information content (AvgIpc) is 2.18. The number of carbonyl (C=O) groups is 1. The minimum atomic E-state index is -4.90. The molecule has 0 spiro atoms. The molecular weight excluding hydrogens is 227 g/mol. The van der Waals surface area contributed by atoms with E-state index in [0.717, 1.165) is 6.20 Å². The van der Waals surface area contributed by atoms with Gasteiger partial charge in [0.05, 0.1) is 11.9 Å². The number of rotatable bonds is 3. The van der Waals surface area contributed by atoms with Gasteiger partial charge in [-0.3, -0.25) is 4.79 Å². The summed E-state index contributed by atoms with van der Waals surface area (Å²) in [6, 6.07) is 0. The maximum atomic E-state index is 12.0. The molecule has 1 aromatic rings. The second kappa shape index (κ2) is 4.35. The quantitative estimate of drug-likeness (QED) is 0.757. The van der Waals surface area contributed by atoms with Crippen LogP contribution in [0.1, 0.15) is 15.9 Å². The van der Waals surface area contributed by atoms with E-state index in [4.69, 9.17) is 11.5 Å². The first-order chi connectivity index (χ1) is 7.39. The number of hydrogen-bond acceptors (Lipinski definition) is 5. The molecule has 0 aromatic carbocycles. The molecule has 0 atom stereocenters. The lowest BCUT2D eigenvalue weighted by atomic mass is 10.1. The van der Waals surface area contributed by atoms with Crippen molar-refractivity contribution in [3.8, 4) is 5.88 Å². The van der Waals surface area contributed by atoms with Crippen LogP contribution in [0.3, 0.4) is 0 Å². The third-order valence-electron chi connectivity index (χ3n) is 1.75. The molecule has 0 saturated carbocycles. The van der Waals surface area contributed by atoms with E-state index in [1.165, 1.54) is 0 Å². The molecule has 0 fully saturated rings. The summed E-state index contributed by atoms with van der Waals surface area (Å²) in [6.45, 7) is -0.336. The van der Waals surface area contributed by atoms with E-state index in [9.17, 15) is 18.0 Å². The van der Waals surface area contributed by atoms with E-state index >= 15 is 0 Å². The van der Waals surface area contributed by atoms with Gasteiger partial charge in [-0.05, 0) is 0 Å². The van der Waals surface area contributed by atoms with Crippen LogP contribution >= 0.6 is 0 Å². The normalized spacial score (nSPS) is 11.2. The Morgan fingerprint density at radius 3 is 2.56 bits per heavy atom. The topological polar surface area (TPSA) is 91.2 Å². The molecule has 0 amide bonds. The van der Waals surface area contributed by atoms with Crippen molar-refractivity contribution in [2.24, 2.45) is 5.73 Å². The molecule has 0 aliphatic rings. The molecule has 8 heteroatoms. The predicted octanol–water partition coefficient (Wildman–Crippen LogP) is 0.834. The second-order valence-electron chi connectivity index (χ2n) is 2.78. The fourth-order valence-corrected chi connectivity index (χ4v) is 1.10. The number of nitrogens with zero attached hydrogens (tertiary/aromatic N) is 1. The maximum absolute atomic E-state index is 12.0. The zero-order valence-electron chi connectivity index (χ0n) is 7.91. The molecule has 1 heterocycles. The Hall–Kier alpha value is -1.83. The highest BCUT2D eigenvalue weighted by Gasteiger charge is 2.33. The third kappa shape index (κ3) is 2.60. The van der Waals surface area contributed by atoms with Gasteiger partial charge in [-0.2, -0.15) is 0 Å². The summed E-state index contributed by atoms with van der Waals surface area (Å²) in [7, 11) is 0. The minimum Gasteiger partial charge on any atom is -0.397 e. The van der Waals surface area contributed by atoms with Crippen LogP contribution in [0, 0.1) is 0 Å². The largest absolute Gasteiger partial charge is 0.574 e. The fraction of sp³-hybridized carbons (Fsp3) is 0.250. The van der Waals surface area contributed by atoms with E-state index < -0.39 is 12.2 Å². The number of alkyl halides is 3. The summed E-state index contributed by atoms with van der Waals surface area (Å²) < 4.78 is 39.5. The summed E-state index contributed by atoms with van der Waals surface area (Å²) in [5, 5.41) is 0. The Kier molecular flexibility index (Phi) is 3.33. The lowest BCUT2D eigenvalue weighted by Gasteiger charge is -2.13. The first kappa shape index (κ1) is 12.2. The van der Waals surface area contributed by atoms with Gasteiger partial charge in [-0.15, -0.1) is 13.2 Å². The summed E-state index contributed by atoms with van der Waals surface area (Å²) in [6.07, 6.45) is -3.68. The molecule has 1 rings (SSSR count). The Morgan fingerprint density at radius 2 is 2.12 bits per heavy atom.